The minimum Gasteiger partial charge on any atom is -0.398 e. The van der Waals surface area contributed by atoms with Gasteiger partial charge in [0.1, 0.15) is 5.82 Å². The fraction of sp³-hybridized carbons (Fsp3) is 0.0714. The fourth-order valence-electron chi connectivity index (χ4n) is 2.15. The molecule has 0 unspecified atom stereocenters. The summed E-state index contributed by atoms with van der Waals surface area (Å²) in [7, 11) is 1.83. The molecule has 0 aliphatic rings. The van der Waals surface area contributed by atoms with Gasteiger partial charge in [-0.25, -0.2) is 4.39 Å². The number of nitrogens with two attached hydrogens (primary N) is 1. The standard InChI is InChI=1S/C14H11ClFN3/c1-19-14-6-11(13(17)4-8(14)7-18-19)10-5-9(15)2-3-12(10)16/h2-7H,17H2,1H3. The van der Waals surface area contributed by atoms with Gasteiger partial charge in [-0.2, -0.15) is 5.10 Å². The molecule has 0 amide bonds. The highest BCUT2D eigenvalue weighted by Gasteiger charge is 2.12. The van der Waals surface area contributed by atoms with E-state index in [1.54, 1.807) is 23.0 Å². The van der Waals surface area contributed by atoms with E-state index in [4.69, 9.17) is 17.3 Å². The van der Waals surface area contributed by atoms with Crippen LogP contribution in [-0.2, 0) is 7.05 Å². The third-order valence-corrected chi connectivity index (χ3v) is 3.37. The summed E-state index contributed by atoms with van der Waals surface area (Å²) < 4.78 is 15.6. The predicted octanol–water partition coefficient (Wildman–Crippen LogP) is 3.62. The van der Waals surface area contributed by atoms with Crippen molar-refractivity contribution >= 4 is 28.2 Å². The molecule has 0 saturated heterocycles. The lowest BCUT2D eigenvalue weighted by atomic mass is 10.0. The molecule has 1 aromatic heterocycles. The number of nitrogen functional groups attached to an aromatic ring is 1. The lowest BCUT2D eigenvalue weighted by molar-refractivity contribution is 0.631. The van der Waals surface area contributed by atoms with Gasteiger partial charge in [-0.15, -0.1) is 0 Å². The maximum Gasteiger partial charge on any atom is 0.131 e. The normalized spacial score (nSPS) is 11.1. The topological polar surface area (TPSA) is 43.8 Å². The molecule has 0 spiro atoms. The smallest absolute Gasteiger partial charge is 0.131 e. The summed E-state index contributed by atoms with van der Waals surface area (Å²) in [6, 6.07) is 8.04. The molecule has 3 aromatic rings. The van der Waals surface area contributed by atoms with E-state index < -0.39 is 0 Å². The van der Waals surface area contributed by atoms with Crippen molar-refractivity contribution in [3.63, 3.8) is 0 Å². The van der Waals surface area contributed by atoms with Crippen LogP contribution in [0.25, 0.3) is 22.0 Å². The molecular weight excluding hydrogens is 265 g/mol. The molecule has 0 atom stereocenters. The quantitative estimate of drug-likeness (QED) is 0.690. The molecule has 5 heteroatoms. The van der Waals surface area contributed by atoms with E-state index in [2.05, 4.69) is 5.10 Å². The molecule has 0 bridgehead atoms. The zero-order valence-electron chi connectivity index (χ0n) is 10.2. The summed E-state index contributed by atoms with van der Waals surface area (Å²) in [6.45, 7) is 0. The molecule has 0 aliphatic heterocycles. The Kier molecular flexibility index (Phi) is 2.68. The largest absolute Gasteiger partial charge is 0.398 e. The first-order valence-corrected chi connectivity index (χ1v) is 6.11. The summed E-state index contributed by atoms with van der Waals surface area (Å²) in [5, 5.41) is 5.55. The highest BCUT2D eigenvalue weighted by atomic mass is 35.5. The first-order chi connectivity index (χ1) is 9.06. The number of benzene rings is 2. The summed E-state index contributed by atoms with van der Waals surface area (Å²) in [5.41, 5.74) is 8.41. The third kappa shape index (κ3) is 1.94. The van der Waals surface area contributed by atoms with Crippen molar-refractivity contribution in [2.24, 2.45) is 7.05 Å². The molecule has 0 saturated carbocycles. The van der Waals surface area contributed by atoms with Crippen molar-refractivity contribution in [2.75, 3.05) is 5.73 Å². The van der Waals surface area contributed by atoms with Gasteiger partial charge in [-0.3, -0.25) is 4.68 Å². The van der Waals surface area contributed by atoms with E-state index in [0.29, 0.717) is 21.8 Å². The van der Waals surface area contributed by atoms with Gasteiger partial charge < -0.3 is 5.73 Å². The van der Waals surface area contributed by atoms with Crippen LogP contribution >= 0.6 is 11.6 Å². The van der Waals surface area contributed by atoms with Crippen molar-refractivity contribution < 1.29 is 4.39 Å². The predicted molar refractivity (Wildman–Crippen MR) is 75.5 cm³/mol. The maximum atomic E-state index is 13.9. The Balaban J connectivity index is 2.32. The van der Waals surface area contributed by atoms with Gasteiger partial charge in [0.2, 0.25) is 0 Å². The van der Waals surface area contributed by atoms with Crippen LogP contribution in [0.15, 0.2) is 36.5 Å². The van der Waals surface area contributed by atoms with Crippen LogP contribution in [0.3, 0.4) is 0 Å². The zero-order chi connectivity index (χ0) is 13.6. The van der Waals surface area contributed by atoms with E-state index in [9.17, 15) is 4.39 Å². The number of fused-ring (bicyclic) bond motifs is 1. The summed E-state index contributed by atoms with van der Waals surface area (Å²) >= 11 is 5.92. The Bertz CT molecular complexity index is 780. The molecule has 3 rings (SSSR count). The Morgan fingerprint density at radius 3 is 2.79 bits per heavy atom. The maximum absolute atomic E-state index is 13.9. The van der Waals surface area contributed by atoms with Gasteiger partial charge in [0.15, 0.2) is 0 Å². The van der Waals surface area contributed by atoms with Gasteiger partial charge >= 0.3 is 0 Å². The second-order valence-electron chi connectivity index (χ2n) is 4.39. The average Bonchev–Trinajstić information content (AvgIpc) is 2.73. The Morgan fingerprint density at radius 2 is 2.00 bits per heavy atom. The zero-order valence-corrected chi connectivity index (χ0v) is 10.9. The number of hydrogen-bond acceptors (Lipinski definition) is 2. The van der Waals surface area contributed by atoms with Crippen molar-refractivity contribution in [1.29, 1.82) is 0 Å². The van der Waals surface area contributed by atoms with Crippen molar-refractivity contribution in [3.8, 4) is 11.1 Å². The average molecular weight is 276 g/mol. The van der Waals surface area contributed by atoms with Crippen LogP contribution in [0.4, 0.5) is 10.1 Å². The minimum absolute atomic E-state index is 0.349. The van der Waals surface area contributed by atoms with E-state index in [1.165, 1.54) is 12.1 Å². The van der Waals surface area contributed by atoms with Gasteiger partial charge in [0.25, 0.3) is 0 Å². The molecular formula is C14H11ClFN3. The van der Waals surface area contributed by atoms with Crippen LogP contribution in [0.2, 0.25) is 5.02 Å². The minimum atomic E-state index is -0.349. The van der Waals surface area contributed by atoms with Gasteiger partial charge in [-0.1, -0.05) is 11.6 Å². The summed E-state index contributed by atoms with van der Waals surface area (Å²) in [6.07, 6.45) is 1.73. The van der Waals surface area contributed by atoms with Crippen LogP contribution < -0.4 is 5.73 Å². The molecule has 3 nitrogen and oxygen atoms in total. The number of hydrogen-bond donors (Lipinski definition) is 1. The number of rotatable bonds is 1. The highest BCUT2D eigenvalue weighted by molar-refractivity contribution is 6.30. The number of anilines is 1. The first kappa shape index (κ1) is 12.0. The lowest BCUT2D eigenvalue weighted by Gasteiger charge is -2.08. The van der Waals surface area contributed by atoms with Crippen LogP contribution in [-0.4, -0.2) is 9.78 Å². The summed E-state index contributed by atoms with van der Waals surface area (Å²) in [4.78, 5) is 0. The van der Waals surface area contributed by atoms with E-state index in [1.807, 2.05) is 13.1 Å². The Labute approximate surface area is 114 Å². The number of aryl methyl sites for hydroxylation is 1. The Hall–Kier alpha value is -2.07. The highest BCUT2D eigenvalue weighted by Crippen LogP contribution is 2.33. The molecule has 0 aliphatic carbocycles. The van der Waals surface area contributed by atoms with E-state index in [-0.39, 0.29) is 5.82 Å². The second kappa shape index (κ2) is 4.24. The molecule has 2 N–H and O–H groups in total. The van der Waals surface area contributed by atoms with Gasteiger partial charge in [-0.05, 0) is 30.3 Å². The van der Waals surface area contributed by atoms with Crippen LogP contribution in [0.5, 0.6) is 0 Å². The van der Waals surface area contributed by atoms with Crippen molar-refractivity contribution in [1.82, 2.24) is 9.78 Å². The number of aromatic nitrogens is 2. The van der Waals surface area contributed by atoms with E-state index in [0.717, 1.165) is 10.9 Å². The number of nitrogens with zero attached hydrogens (tertiary/aromatic N) is 2. The fourth-order valence-corrected chi connectivity index (χ4v) is 2.33. The number of halogens is 2. The molecule has 0 fully saturated rings. The van der Waals surface area contributed by atoms with Crippen molar-refractivity contribution in [2.45, 2.75) is 0 Å². The Morgan fingerprint density at radius 1 is 1.21 bits per heavy atom. The van der Waals surface area contributed by atoms with Crippen LogP contribution in [0.1, 0.15) is 0 Å². The lowest BCUT2D eigenvalue weighted by Crippen LogP contribution is -1.95. The molecule has 2 aromatic carbocycles. The molecule has 19 heavy (non-hydrogen) atoms. The first-order valence-electron chi connectivity index (χ1n) is 5.73. The van der Waals surface area contributed by atoms with Gasteiger partial charge in [0, 0.05) is 34.3 Å². The van der Waals surface area contributed by atoms with Crippen LogP contribution in [0, 0.1) is 5.82 Å². The van der Waals surface area contributed by atoms with E-state index >= 15 is 0 Å². The SMILES string of the molecule is Cn1ncc2cc(N)c(-c3cc(Cl)ccc3F)cc21. The van der Waals surface area contributed by atoms with Crippen molar-refractivity contribution in [3.05, 3.63) is 47.4 Å². The monoisotopic (exact) mass is 275 g/mol. The van der Waals surface area contributed by atoms with Gasteiger partial charge in [0.05, 0.1) is 11.7 Å². The summed E-state index contributed by atoms with van der Waals surface area (Å²) in [5.74, 6) is -0.349. The molecule has 0 radical (unpaired) electrons. The molecule has 96 valence electrons. The second-order valence-corrected chi connectivity index (χ2v) is 4.83. The third-order valence-electron chi connectivity index (χ3n) is 3.14. The molecule has 1 heterocycles.